The number of carbonyl (C=O) groups excluding carboxylic acids is 2. The first kappa shape index (κ1) is 19.0. The fraction of sp³-hybridized carbons (Fsp3) is 0.474. The SMILES string of the molecule is CN/C(=C\C(=O)NC=O)CN1CCC(Oc2cccc(C)c2C)CC1. The number of aryl methyl sites for hydroxylation is 1. The molecule has 0 saturated carbocycles. The van der Waals surface area contributed by atoms with E-state index in [-0.39, 0.29) is 6.10 Å². The van der Waals surface area contributed by atoms with E-state index < -0.39 is 5.91 Å². The van der Waals surface area contributed by atoms with Gasteiger partial charge in [0, 0.05) is 38.5 Å². The highest BCUT2D eigenvalue weighted by Gasteiger charge is 2.21. The molecule has 2 N–H and O–H groups in total. The Morgan fingerprint density at radius 2 is 2.04 bits per heavy atom. The van der Waals surface area contributed by atoms with Crippen molar-refractivity contribution in [2.45, 2.75) is 32.8 Å². The summed E-state index contributed by atoms with van der Waals surface area (Å²) in [5, 5.41) is 5.13. The van der Waals surface area contributed by atoms with E-state index in [2.05, 4.69) is 35.4 Å². The molecule has 2 amide bonds. The van der Waals surface area contributed by atoms with Gasteiger partial charge >= 0.3 is 0 Å². The van der Waals surface area contributed by atoms with Crippen LogP contribution in [0.5, 0.6) is 5.75 Å². The molecule has 0 aliphatic carbocycles. The van der Waals surface area contributed by atoms with Crippen molar-refractivity contribution in [3.05, 3.63) is 41.1 Å². The van der Waals surface area contributed by atoms with Gasteiger partial charge in [0.1, 0.15) is 11.9 Å². The van der Waals surface area contributed by atoms with Gasteiger partial charge in [-0.25, -0.2) is 0 Å². The van der Waals surface area contributed by atoms with Crippen molar-refractivity contribution in [1.82, 2.24) is 15.5 Å². The van der Waals surface area contributed by atoms with Crippen molar-refractivity contribution in [2.24, 2.45) is 0 Å². The van der Waals surface area contributed by atoms with Crippen LogP contribution in [0.25, 0.3) is 0 Å². The molecule has 0 spiro atoms. The maximum absolute atomic E-state index is 11.5. The van der Waals surface area contributed by atoms with Crippen molar-refractivity contribution < 1.29 is 14.3 Å². The minimum absolute atomic E-state index is 0.220. The Kier molecular flexibility index (Phi) is 7.01. The van der Waals surface area contributed by atoms with Crippen LogP contribution in [0.4, 0.5) is 0 Å². The van der Waals surface area contributed by atoms with Crippen LogP contribution in [-0.4, -0.2) is 50.0 Å². The number of piperidine rings is 1. The fourth-order valence-corrected chi connectivity index (χ4v) is 2.91. The first-order valence-corrected chi connectivity index (χ1v) is 8.61. The molecule has 1 aromatic carbocycles. The normalized spacial score (nSPS) is 16.4. The average molecular weight is 345 g/mol. The molecule has 6 heteroatoms. The van der Waals surface area contributed by atoms with Crippen molar-refractivity contribution in [3.63, 3.8) is 0 Å². The largest absolute Gasteiger partial charge is 0.490 e. The number of nitrogens with one attached hydrogen (secondary N) is 2. The minimum Gasteiger partial charge on any atom is -0.490 e. The lowest BCUT2D eigenvalue weighted by atomic mass is 10.1. The number of hydrogen-bond acceptors (Lipinski definition) is 5. The molecule has 0 unspecified atom stereocenters. The highest BCUT2D eigenvalue weighted by Crippen LogP contribution is 2.24. The van der Waals surface area contributed by atoms with Crippen LogP contribution in [0.15, 0.2) is 30.0 Å². The minimum atomic E-state index is -0.410. The lowest BCUT2D eigenvalue weighted by Crippen LogP contribution is -2.40. The van der Waals surface area contributed by atoms with Crippen LogP contribution in [0.2, 0.25) is 0 Å². The Morgan fingerprint density at radius 3 is 2.68 bits per heavy atom. The first-order valence-electron chi connectivity index (χ1n) is 8.61. The summed E-state index contributed by atoms with van der Waals surface area (Å²) in [6.45, 7) is 6.65. The number of carbonyl (C=O) groups is 2. The Bertz CT molecular complexity index is 635. The molecule has 0 bridgehead atoms. The zero-order chi connectivity index (χ0) is 18.2. The van der Waals surface area contributed by atoms with Crippen LogP contribution in [0.1, 0.15) is 24.0 Å². The van der Waals surface area contributed by atoms with Gasteiger partial charge in [0.15, 0.2) is 0 Å². The van der Waals surface area contributed by atoms with Crippen LogP contribution >= 0.6 is 0 Å². The quantitative estimate of drug-likeness (QED) is 0.579. The monoisotopic (exact) mass is 345 g/mol. The highest BCUT2D eigenvalue weighted by atomic mass is 16.5. The molecule has 0 aromatic heterocycles. The van der Waals surface area contributed by atoms with E-state index in [1.54, 1.807) is 7.05 Å². The lowest BCUT2D eigenvalue weighted by Gasteiger charge is -2.33. The third-order valence-electron chi connectivity index (χ3n) is 4.60. The van der Waals surface area contributed by atoms with Crippen molar-refractivity contribution in [2.75, 3.05) is 26.7 Å². The number of likely N-dealkylation sites (N-methyl/N-ethyl adjacent to an activating group) is 1. The molecule has 25 heavy (non-hydrogen) atoms. The van der Waals surface area contributed by atoms with Crippen LogP contribution in [0, 0.1) is 13.8 Å². The second-order valence-corrected chi connectivity index (χ2v) is 6.34. The summed E-state index contributed by atoms with van der Waals surface area (Å²) in [4.78, 5) is 24.0. The second kappa shape index (κ2) is 9.22. The number of imide groups is 1. The predicted molar refractivity (Wildman–Crippen MR) is 97.4 cm³/mol. The first-order chi connectivity index (χ1) is 12.0. The molecule has 0 atom stereocenters. The van der Waals surface area contributed by atoms with Gasteiger partial charge in [-0.2, -0.15) is 0 Å². The van der Waals surface area contributed by atoms with E-state index in [4.69, 9.17) is 4.74 Å². The number of hydrogen-bond donors (Lipinski definition) is 2. The van der Waals surface area contributed by atoms with E-state index in [1.165, 1.54) is 17.2 Å². The maximum atomic E-state index is 11.5. The molecule has 1 aliphatic heterocycles. The van der Waals surface area contributed by atoms with Gasteiger partial charge < -0.3 is 10.1 Å². The summed E-state index contributed by atoms with van der Waals surface area (Å²) >= 11 is 0. The van der Waals surface area contributed by atoms with Crippen molar-refractivity contribution in [1.29, 1.82) is 0 Å². The highest BCUT2D eigenvalue weighted by molar-refractivity contribution is 5.94. The molecular weight excluding hydrogens is 318 g/mol. The molecule has 1 aliphatic rings. The van der Waals surface area contributed by atoms with E-state index in [1.807, 2.05) is 12.1 Å². The Labute approximate surface area is 149 Å². The van der Waals surface area contributed by atoms with E-state index >= 15 is 0 Å². The summed E-state index contributed by atoms with van der Waals surface area (Å²) in [6, 6.07) is 6.15. The molecule has 1 heterocycles. The number of nitrogens with zero attached hydrogens (tertiary/aromatic N) is 1. The Balaban J connectivity index is 1.85. The number of rotatable bonds is 7. The number of benzene rings is 1. The van der Waals surface area contributed by atoms with Gasteiger partial charge in [-0.05, 0) is 43.9 Å². The van der Waals surface area contributed by atoms with E-state index in [9.17, 15) is 9.59 Å². The molecule has 1 fully saturated rings. The summed E-state index contributed by atoms with van der Waals surface area (Å²) in [7, 11) is 1.77. The van der Waals surface area contributed by atoms with Crippen LogP contribution < -0.4 is 15.4 Å². The zero-order valence-electron chi connectivity index (χ0n) is 15.2. The van der Waals surface area contributed by atoms with Crippen molar-refractivity contribution in [3.8, 4) is 5.75 Å². The third-order valence-corrected chi connectivity index (χ3v) is 4.60. The van der Waals surface area contributed by atoms with E-state index in [0.717, 1.165) is 37.4 Å². The van der Waals surface area contributed by atoms with Gasteiger partial charge in [0.05, 0.1) is 0 Å². The van der Waals surface area contributed by atoms with Crippen LogP contribution in [-0.2, 0) is 9.59 Å². The standard InChI is InChI=1S/C19H27N3O3/c1-14-5-4-6-18(15(14)2)25-17-7-9-22(10-8-17)12-16(20-3)11-19(24)21-13-23/h4-6,11,13,17,20H,7-10,12H2,1-3H3,(H,21,23,24)/b16-11-. The average Bonchev–Trinajstić information content (AvgIpc) is 2.60. The number of likely N-dealkylation sites (tertiary alicyclic amines) is 1. The third kappa shape index (κ3) is 5.60. The van der Waals surface area contributed by atoms with Crippen LogP contribution in [0.3, 0.4) is 0 Å². The van der Waals surface area contributed by atoms with E-state index in [0.29, 0.717) is 13.0 Å². The molecular formula is C19H27N3O3. The van der Waals surface area contributed by atoms with Gasteiger partial charge in [-0.3, -0.25) is 19.8 Å². The lowest BCUT2D eigenvalue weighted by molar-refractivity contribution is -0.121. The number of ether oxygens (including phenoxy) is 1. The summed E-state index contributed by atoms with van der Waals surface area (Å²) in [6.07, 6.45) is 3.93. The van der Waals surface area contributed by atoms with Gasteiger partial charge in [-0.1, -0.05) is 12.1 Å². The Hall–Kier alpha value is -2.34. The molecule has 136 valence electrons. The molecule has 2 rings (SSSR count). The summed E-state index contributed by atoms with van der Waals surface area (Å²) in [5.74, 6) is 0.562. The Morgan fingerprint density at radius 1 is 1.32 bits per heavy atom. The fourth-order valence-electron chi connectivity index (χ4n) is 2.91. The van der Waals surface area contributed by atoms with Gasteiger partial charge in [0.2, 0.25) is 6.41 Å². The molecule has 1 aromatic rings. The molecule has 1 saturated heterocycles. The maximum Gasteiger partial charge on any atom is 0.252 e. The topological polar surface area (TPSA) is 70.7 Å². The van der Waals surface area contributed by atoms with Gasteiger partial charge in [0.25, 0.3) is 5.91 Å². The summed E-state index contributed by atoms with van der Waals surface area (Å²) in [5.41, 5.74) is 3.23. The van der Waals surface area contributed by atoms with Gasteiger partial charge in [-0.15, -0.1) is 0 Å². The number of amides is 2. The smallest absolute Gasteiger partial charge is 0.252 e. The zero-order valence-corrected chi connectivity index (χ0v) is 15.2. The molecule has 0 radical (unpaired) electrons. The van der Waals surface area contributed by atoms with Crippen molar-refractivity contribution >= 4 is 12.3 Å². The molecule has 6 nitrogen and oxygen atoms in total. The predicted octanol–water partition coefficient (Wildman–Crippen LogP) is 1.52. The second-order valence-electron chi connectivity index (χ2n) is 6.34. The summed E-state index contributed by atoms with van der Waals surface area (Å²) < 4.78 is 6.18.